The van der Waals surface area contributed by atoms with Gasteiger partial charge >= 0.3 is 0 Å². The van der Waals surface area contributed by atoms with Crippen molar-refractivity contribution in [2.45, 2.75) is 26.6 Å². The van der Waals surface area contributed by atoms with Gasteiger partial charge in [-0.05, 0) is 19.4 Å². The number of aryl methyl sites for hydroxylation is 1. The average molecular weight is 202 g/mol. The minimum atomic E-state index is 0.464. The molecule has 2 nitrogen and oxygen atoms in total. The molecular weight excluding hydrogens is 184 g/mol. The molecule has 1 aromatic rings. The Balaban J connectivity index is 2.04. The summed E-state index contributed by atoms with van der Waals surface area (Å²) in [5.41, 5.74) is 2.69. The van der Waals surface area contributed by atoms with Gasteiger partial charge in [0.25, 0.3) is 0 Å². The van der Waals surface area contributed by atoms with Gasteiger partial charge in [-0.15, -0.1) is 0 Å². The molecule has 0 saturated heterocycles. The molecule has 1 aliphatic rings. The first-order valence-corrected chi connectivity index (χ1v) is 5.38. The predicted octanol–water partition coefficient (Wildman–Crippen LogP) is 2.56. The van der Waals surface area contributed by atoms with Crippen LogP contribution < -0.4 is 0 Å². The Morgan fingerprint density at radius 3 is 2.33 bits per heavy atom. The number of nitrogens with zero attached hydrogens (tertiary/aromatic N) is 2. The van der Waals surface area contributed by atoms with Gasteiger partial charge in [0.1, 0.15) is 0 Å². The molecule has 0 spiro atoms. The lowest BCUT2D eigenvalue weighted by Gasteiger charge is -2.27. The zero-order chi connectivity index (χ0) is 10.8. The maximum absolute atomic E-state index is 2.34. The van der Waals surface area contributed by atoms with Gasteiger partial charge < -0.3 is 9.80 Å². The third-order valence-electron chi connectivity index (χ3n) is 3.05. The summed E-state index contributed by atoms with van der Waals surface area (Å²) in [7, 11) is 2.11. The van der Waals surface area contributed by atoms with E-state index in [1.807, 2.05) is 0 Å². The Hall–Kier alpha value is -1.44. The molecule has 2 heteroatoms. The van der Waals surface area contributed by atoms with Crippen molar-refractivity contribution in [1.82, 2.24) is 9.80 Å². The van der Waals surface area contributed by atoms with E-state index in [-0.39, 0.29) is 0 Å². The van der Waals surface area contributed by atoms with Gasteiger partial charge in [0, 0.05) is 26.0 Å². The highest BCUT2D eigenvalue weighted by atomic mass is 15.4. The maximum atomic E-state index is 2.34. The summed E-state index contributed by atoms with van der Waals surface area (Å²) >= 11 is 0. The van der Waals surface area contributed by atoms with E-state index in [1.165, 1.54) is 11.1 Å². The van der Waals surface area contributed by atoms with Crippen LogP contribution in [0.5, 0.6) is 0 Å². The fourth-order valence-corrected chi connectivity index (χ4v) is 1.76. The molecule has 1 aromatic carbocycles. The summed E-state index contributed by atoms with van der Waals surface area (Å²) in [5.74, 6) is 0. The van der Waals surface area contributed by atoms with E-state index in [1.54, 1.807) is 0 Å². The number of hydrogen-bond acceptors (Lipinski definition) is 2. The summed E-state index contributed by atoms with van der Waals surface area (Å²) in [5, 5.41) is 0. The topological polar surface area (TPSA) is 6.48 Å². The zero-order valence-corrected chi connectivity index (χ0v) is 9.64. The molecule has 1 heterocycles. The van der Waals surface area contributed by atoms with E-state index in [9.17, 15) is 0 Å². The monoisotopic (exact) mass is 202 g/mol. The molecule has 1 atom stereocenters. The Kier molecular flexibility index (Phi) is 2.67. The van der Waals surface area contributed by atoms with Crippen LogP contribution in [0.15, 0.2) is 36.7 Å². The molecule has 0 radical (unpaired) electrons. The lowest BCUT2D eigenvalue weighted by atomic mass is 10.1. The maximum Gasteiger partial charge on any atom is 0.0978 e. The molecule has 0 fully saturated rings. The van der Waals surface area contributed by atoms with Gasteiger partial charge in [-0.2, -0.15) is 0 Å². The first-order chi connectivity index (χ1) is 7.16. The van der Waals surface area contributed by atoms with E-state index in [4.69, 9.17) is 0 Å². The van der Waals surface area contributed by atoms with E-state index < -0.39 is 0 Å². The third kappa shape index (κ3) is 2.14. The molecule has 0 amide bonds. The van der Waals surface area contributed by atoms with Crippen molar-refractivity contribution in [3.8, 4) is 0 Å². The first kappa shape index (κ1) is 10.1. The molecule has 15 heavy (non-hydrogen) atoms. The van der Waals surface area contributed by atoms with E-state index in [2.05, 4.69) is 67.4 Å². The smallest absolute Gasteiger partial charge is 0.0978 e. The Morgan fingerprint density at radius 1 is 1.13 bits per heavy atom. The van der Waals surface area contributed by atoms with Crippen LogP contribution in [0.4, 0.5) is 0 Å². The quantitative estimate of drug-likeness (QED) is 0.727. The van der Waals surface area contributed by atoms with Crippen molar-refractivity contribution in [3.05, 3.63) is 47.8 Å². The van der Waals surface area contributed by atoms with Crippen LogP contribution in [0.1, 0.15) is 18.1 Å². The lowest BCUT2D eigenvalue weighted by molar-refractivity contribution is 0.189. The van der Waals surface area contributed by atoms with Crippen molar-refractivity contribution >= 4 is 0 Å². The highest BCUT2D eigenvalue weighted by molar-refractivity contribution is 5.21. The second kappa shape index (κ2) is 3.97. The predicted molar refractivity (Wildman–Crippen MR) is 63.1 cm³/mol. The van der Waals surface area contributed by atoms with Gasteiger partial charge in [-0.3, -0.25) is 0 Å². The minimum Gasteiger partial charge on any atom is -0.359 e. The fourth-order valence-electron chi connectivity index (χ4n) is 1.76. The highest BCUT2D eigenvalue weighted by Crippen LogP contribution is 2.16. The number of hydrogen-bond donors (Lipinski definition) is 0. The van der Waals surface area contributed by atoms with Crippen molar-refractivity contribution in [2.75, 3.05) is 7.05 Å². The second-order valence-electron chi connectivity index (χ2n) is 4.25. The molecule has 80 valence electrons. The van der Waals surface area contributed by atoms with Crippen LogP contribution in [0, 0.1) is 6.92 Å². The SMILES string of the molecule is Cc1ccc(CN2C=CN(C)C2C)cc1. The number of benzene rings is 1. The van der Waals surface area contributed by atoms with Crippen molar-refractivity contribution in [1.29, 1.82) is 0 Å². The van der Waals surface area contributed by atoms with Crippen LogP contribution in [-0.4, -0.2) is 23.0 Å². The van der Waals surface area contributed by atoms with Gasteiger partial charge in [0.2, 0.25) is 0 Å². The summed E-state index contributed by atoms with van der Waals surface area (Å²) in [4.78, 5) is 4.55. The Labute approximate surface area is 91.8 Å². The molecule has 0 saturated carbocycles. The van der Waals surface area contributed by atoms with Crippen LogP contribution in [-0.2, 0) is 6.54 Å². The standard InChI is InChI=1S/C13H18N2/c1-11-4-6-13(7-5-11)10-15-9-8-14(3)12(15)2/h4-9,12H,10H2,1-3H3. The second-order valence-corrected chi connectivity index (χ2v) is 4.25. The lowest BCUT2D eigenvalue weighted by Crippen LogP contribution is -2.32. The van der Waals surface area contributed by atoms with Gasteiger partial charge in [0.05, 0.1) is 6.17 Å². The third-order valence-corrected chi connectivity index (χ3v) is 3.05. The molecule has 0 aromatic heterocycles. The number of rotatable bonds is 2. The first-order valence-electron chi connectivity index (χ1n) is 5.38. The fraction of sp³-hybridized carbons (Fsp3) is 0.385. The zero-order valence-electron chi connectivity index (χ0n) is 9.64. The summed E-state index contributed by atoms with van der Waals surface area (Å²) in [6.45, 7) is 5.33. The molecule has 1 aliphatic heterocycles. The van der Waals surface area contributed by atoms with Gasteiger partial charge in [-0.1, -0.05) is 29.8 Å². The normalized spacial score (nSPS) is 20.1. The van der Waals surface area contributed by atoms with Gasteiger partial charge in [-0.25, -0.2) is 0 Å². The molecule has 0 bridgehead atoms. The average Bonchev–Trinajstić information content (AvgIpc) is 2.53. The van der Waals surface area contributed by atoms with Crippen molar-refractivity contribution in [3.63, 3.8) is 0 Å². The van der Waals surface area contributed by atoms with E-state index >= 15 is 0 Å². The van der Waals surface area contributed by atoms with Crippen molar-refractivity contribution < 1.29 is 0 Å². The molecular formula is C13H18N2. The van der Waals surface area contributed by atoms with Crippen molar-refractivity contribution in [2.24, 2.45) is 0 Å². The Bertz CT molecular complexity index is 353. The van der Waals surface area contributed by atoms with Gasteiger partial charge in [0.15, 0.2) is 0 Å². The van der Waals surface area contributed by atoms with E-state index in [0.717, 1.165) is 6.54 Å². The summed E-state index contributed by atoms with van der Waals surface area (Å²) in [6, 6.07) is 8.75. The molecule has 0 N–H and O–H groups in total. The highest BCUT2D eigenvalue weighted by Gasteiger charge is 2.17. The van der Waals surface area contributed by atoms with Crippen LogP contribution in [0.25, 0.3) is 0 Å². The summed E-state index contributed by atoms with van der Waals surface area (Å²) in [6.07, 6.45) is 4.75. The molecule has 2 rings (SSSR count). The van der Waals surface area contributed by atoms with Crippen LogP contribution in [0.2, 0.25) is 0 Å². The summed E-state index contributed by atoms with van der Waals surface area (Å²) < 4.78 is 0. The Morgan fingerprint density at radius 2 is 1.80 bits per heavy atom. The molecule has 1 unspecified atom stereocenters. The van der Waals surface area contributed by atoms with Crippen LogP contribution >= 0.6 is 0 Å². The molecule has 0 aliphatic carbocycles. The van der Waals surface area contributed by atoms with E-state index in [0.29, 0.717) is 6.17 Å². The van der Waals surface area contributed by atoms with Crippen LogP contribution in [0.3, 0.4) is 0 Å². The minimum absolute atomic E-state index is 0.464. The largest absolute Gasteiger partial charge is 0.359 e.